The maximum absolute atomic E-state index is 12.2. The standard InChI is InChI=1S/C17H28N4O2/c1-12(2)17-19-16(23-20-17)8-5-7-15(22)18-13-9-11-21-10-4-3-6-14(13)21/h12-14H,3-11H2,1-2H3,(H,18,22)/t13-,14-/m1/s1. The molecule has 3 heterocycles. The highest BCUT2D eigenvalue weighted by atomic mass is 16.5. The third kappa shape index (κ3) is 4.10. The Balaban J connectivity index is 1.39. The van der Waals surface area contributed by atoms with E-state index < -0.39 is 0 Å². The van der Waals surface area contributed by atoms with Crippen molar-refractivity contribution in [2.45, 2.75) is 76.8 Å². The molecule has 0 radical (unpaired) electrons. The second-order valence-electron chi connectivity index (χ2n) is 7.12. The number of rotatable bonds is 6. The molecule has 1 aromatic heterocycles. The minimum atomic E-state index is 0.158. The summed E-state index contributed by atoms with van der Waals surface area (Å²) < 4.78 is 5.21. The lowest BCUT2D eigenvalue weighted by molar-refractivity contribution is -0.122. The van der Waals surface area contributed by atoms with Crippen molar-refractivity contribution in [3.05, 3.63) is 11.7 Å². The van der Waals surface area contributed by atoms with Crippen LogP contribution in [0.15, 0.2) is 4.52 Å². The number of fused-ring (bicyclic) bond motifs is 1. The van der Waals surface area contributed by atoms with Gasteiger partial charge in [-0.05, 0) is 32.2 Å². The van der Waals surface area contributed by atoms with E-state index in [0.29, 0.717) is 30.8 Å². The Hall–Kier alpha value is -1.43. The van der Waals surface area contributed by atoms with Gasteiger partial charge in [0.1, 0.15) is 0 Å². The number of carbonyl (C=O) groups is 1. The van der Waals surface area contributed by atoms with E-state index in [-0.39, 0.29) is 11.8 Å². The normalized spacial score (nSPS) is 24.8. The lowest BCUT2D eigenvalue weighted by Gasteiger charge is -2.32. The molecular weight excluding hydrogens is 292 g/mol. The Morgan fingerprint density at radius 2 is 2.22 bits per heavy atom. The Labute approximate surface area is 138 Å². The second kappa shape index (κ2) is 7.43. The van der Waals surface area contributed by atoms with E-state index >= 15 is 0 Å². The van der Waals surface area contributed by atoms with Crippen LogP contribution in [0.3, 0.4) is 0 Å². The topological polar surface area (TPSA) is 71.3 Å². The van der Waals surface area contributed by atoms with Crippen molar-refractivity contribution < 1.29 is 9.32 Å². The lowest BCUT2D eigenvalue weighted by Crippen LogP contribution is -2.46. The molecule has 0 aromatic carbocycles. The first-order chi connectivity index (χ1) is 11.1. The van der Waals surface area contributed by atoms with Crippen LogP contribution in [0.5, 0.6) is 0 Å². The van der Waals surface area contributed by atoms with Crippen LogP contribution in [0.25, 0.3) is 0 Å². The summed E-state index contributed by atoms with van der Waals surface area (Å²) in [5.41, 5.74) is 0. The molecule has 2 aliphatic rings. The molecule has 23 heavy (non-hydrogen) atoms. The molecule has 2 aliphatic heterocycles. The molecule has 2 fully saturated rings. The molecule has 3 rings (SSSR count). The molecule has 1 aromatic rings. The smallest absolute Gasteiger partial charge is 0.226 e. The predicted octanol–water partition coefficient (Wildman–Crippen LogP) is 2.26. The molecule has 6 heteroatoms. The first kappa shape index (κ1) is 16.4. The van der Waals surface area contributed by atoms with Gasteiger partial charge in [-0.15, -0.1) is 0 Å². The quantitative estimate of drug-likeness (QED) is 0.870. The van der Waals surface area contributed by atoms with Crippen LogP contribution >= 0.6 is 0 Å². The minimum absolute atomic E-state index is 0.158. The number of carbonyl (C=O) groups excluding carboxylic acids is 1. The molecule has 1 amide bonds. The maximum atomic E-state index is 12.2. The van der Waals surface area contributed by atoms with Gasteiger partial charge in [-0.25, -0.2) is 0 Å². The molecule has 1 N–H and O–H groups in total. The Morgan fingerprint density at radius 1 is 1.35 bits per heavy atom. The third-order valence-electron chi connectivity index (χ3n) is 5.00. The summed E-state index contributed by atoms with van der Waals surface area (Å²) in [4.78, 5) is 19.1. The summed E-state index contributed by atoms with van der Waals surface area (Å²) >= 11 is 0. The van der Waals surface area contributed by atoms with Gasteiger partial charge in [0.15, 0.2) is 5.82 Å². The fraction of sp³-hybridized carbons (Fsp3) is 0.824. The first-order valence-electron chi connectivity index (χ1n) is 8.99. The van der Waals surface area contributed by atoms with Crippen molar-refractivity contribution in [2.24, 2.45) is 0 Å². The van der Waals surface area contributed by atoms with Gasteiger partial charge < -0.3 is 9.84 Å². The molecule has 2 saturated heterocycles. The highest BCUT2D eigenvalue weighted by Gasteiger charge is 2.35. The Kier molecular flexibility index (Phi) is 5.30. The van der Waals surface area contributed by atoms with Gasteiger partial charge in [0.25, 0.3) is 0 Å². The summed E-state index contributed by atoms with van der Waals surface area (Å²) in [5, 5.41) is 7.19. The third-order valence-corrected chi connectivity index (χ3v) is 5.00. The molecule has 0 unspecified atom stereocenters. The number of amides is 1. The number of aromatic nitrogens is 2. The van der Waals surface area contributed by atoms with Crippen molar-refractivity contribution in [1.82, 2.24) is 20.4 Å². The molecular formula is C17H28N4O2. The molecule has 2 atom stereocenters. The average molecular weight is 320 g/mol. The van der Waals surface area contributed by atoms with Crippen molar-refractivity contribution >= 4 is 5.91 Å². The van der Waals surface area contributed by atoms with E-state index in [0.717, 1.165) is 25.2 Å². The SMILES string of the molecule is CC(C)c1noc(CCCC(=O)N[C@@H]2CCN3CCCC[C@H]23)n1. The number of piperidine rings is 1. The zero-order valence-electron chi connectivity index (χ0n) is 14.3. The summed E-state index contributed by atoms with van der Waals surface area (Å²) in [5.74, 6) is 1.82. The van der Waals surface area contributed by atoms with Crippen LogP contribution in [0.1, 0.15) is 70.0 Å². The predicted molar refractivity (Wildman–Crippen MR) is 87.1 cm³/mol. The van der Waals surface area contributed by atoms with Crippen molar-refractivity contribution in [2.75, 3.05) is 13.1 Å². The van der Waals surface area contributed by atoms with E-state index in [4.69, 9.17) is 4.52 Å². The van der Waals surface area contributed by atoms with Crippen LogP contribution in [0, 0.1) is 0 Å². The van der Waals surface area contributed by atoms with Gasteiger partial charge in [0, 0.05) is 37.4 Å². The van der Waals surface area contributed by atoms with Gasteiger partial charge in [-0.3, -0.25) is 9.69 Å². The number of hydrogen-bond acceptors (Lipinski definition) is 5. The molecule has 0 saturated carbocycles. The maximum Gasteiger partial charge on any atom is 0.226 e. The van der Waals surface area contributed by atoms with Gasteiger partial charge in [0.05, 0.1) is 0 Å². The van der Waals surface area contributed by atoms with Crippen molar-refractivity contribution in [3.8, 4) is 0 Å². The molecule has 0 bridgehead atoms. The first-order valence-corrected chi connectivity index (χ1v) is 8.99. The van der Waals surface area contributed by atoms with Crippen LogP contribution in [-0.4, -0.2) is 46.1 Å². The molecule has 0 aliphatic carbocycles. The van der Waals surface area contributed by atoms with Crippen LogP contribution in [0.2, 0.25) is 0 Å². The van der Waals surface area contributed by atoms with E-state index in [1.54, 1.807) is 0 Å². The minimum Gasteiger partial charge on any atom is -0.352 e. The number of aryl methyl sites for hydroxylation is 1. The van der Waals surface area contributed by atoms with E-state index in [1.165, 1.54) is 25.8 Å². The largest absolute Gasteiger partial charge is 0.352 e. The van der Waals surface area contributed by atoms with Crippen LogP contribution in [0.4, 0.5) is 0 Å². The van der Waals surface area contributed by atoms with Gasteiger partial charge in [-0.2, -0.15) is 4.98 Å². The number of nitrogens with zero attached hydrogens (tertiary/aromatic N) is 3. The van der Waals surface area contributed by atoms with Crippen molar-refractivity contribution in [1.29, 1.82) is 0 Å². The summed E-state index contributed by atoms with van der Waals surface area (Å²) in [7, 11) is 0. The lowest BCUT2D eigenvalue weighted by atomic mass is 9.99. The highest BCUT2D eigenvalue weighted by molar-refractivity contribution is 5.76. The monoisotopic (exact) mass is 320 g/mol. The van der Waals surface area contributed by atoms with Gasteiger partial charge in [-0.1, -0.05) is 25.4 Å². The van der Waals surface area contributed by atoms with Crippen molar-refractivity contribution in [3.63, 3.8) is 0 Å². The molecule has 0 spiro atoms. The zero-order valence-corrected chi connectivity index (χ0v) is 14.3. The Bertz CT molecular complexity index is 528. The second-order valence-corrected chi connectivity index (χ2v) is 7.12. The van der Waals surface area contributed by atoms with Gasteiger partial charge in [0.2, 0.25) is 11.8 Å². The average Bonchev–Trinajstić information content (AvgIpc) is 3.15. The van der Waals surface area contributed by atoms with Gasteiger partial charge >= 0.3 is 0 Å². The van der Waals surface area contributed by atoms with Crippen LogP contribution in [-0.2, 0) is 11.2 Å². The van der Waals surface area contributed by atoms with E-state index in [1.807, 2.05) is 13.8 Å². The van der Waals surface area contributed by atoms with E-state index in [2.05, 4.69) is 20.4 Å². The summed E-state index contributed by atoms with van der Waals surface area (Å²) in [6.45, 7) is 6.42. The zero-order chi connectivity index (χ0) is 16.2. The fourth-order valence-corrected chi connectivity index (χ4v) is 3.70. The highest BCUT2D eigenvalue weighted by Crippen LogP contribution is 2.27. The Morgan fingerprint density at radius 3 is 3.00 bits per heavy atom. The molecule has 128 valence electrons. The summed E-state index contributed by atoms with van der Waals surface area (Å²) in [6, 6.07) is 0.913. The fourth-order valence-electron chi connectivity index (χ4n) is 3.70. The molecule has 6 nitrogen and oxygen atoms in total. The van der Waals surface area contributed by atoms with Crippen LogP contribution < -0.4 is 5.32 Å². The number of nitrogens with one attached hydrogen (secondary N) is 1. The summed E-state index contributed by atoms with van der Waals surface area (Å²) in [6.07, 6.45) is 6.88. The van der Waals surface area contributed by atoms with E-state index in [9.17, 15) is 4.79 Å². The number of hydrogen-bond donors (Lipinski definition) is 1.